The second-order valence-corrected chi connectivity index (χ2v) is 5.93. The van der Waals surface area contributed by atoms with Gasteiger partial charge in [-0.15, -0.1) is 0 Å². The maximum atomic E-state index is 12.3. The number of hydrogen-bond acceptors (Lipinski definition) is 4. The van der Waals surface area contributed by atoms with Crippen LogP contribution in [0.15, 0.2) is 0 Å². The maximum Gasteiger partial charge on any atom is 0.282 e. The molecule has 1 atom stereocenters. The highest BCUT2D eigenvalue weighted by atomic mass is 32.2. The molecular weight excluding hydrogens is 232 g/mol. The molecule has 2 aliphatic heterocycles. The van der Waals surface area contributed by atoms with Gasteiger partial charge < -0.3 is 9.47 Å². The Balaban J connectivity index is 2.10. The van der Waals surface area contributed by atoms with E-state index in [-0.39, 0.29) is 6.04 Å². The van der Waals surface area contributed by atoms with Crippen LogP contribution in [-0.4, -0.2) is 69.1 Å². The number of hydrogen-bond donors (Lipinski definition) is 0. The zero-order valence-electron chi connectivity index (χ0n) is 9.46. The molecule has 94 valence electrons. The standard InChI is InChI=1S/C9H18N2O4S/c1-9-8-15-7-4-11(9)16(12,13)10-2-5-14-6-3-10/h9H,2-8H2,1H3/t9-/m1/s1. The van der Waals surface area contributed by atoms with Crippen molar-refractivity contribution in [3.8, 4) is 0 Å². The van der Waals surface area contributed by atoms with Crippen molar-refractivity contribution in [2.24, 2.45) is 0 Å². The maximum absolute atomic E-state index is 12.3. The highest BCUT2D eigenvalue weighted by Gasteiger charge is 2.35. The summed E-state index contributed by atoms with van der Waals surface area (Å²) in [5.41, 5.74) is 0. The van der Waals surface area contributed by atoms with Crippen molar-refractivity contribution in [3.63, 3.8) is 0 Å². The molecule has 0 aromatic heterocycles. The SMILES string of the molecule is C[C@@H]1COCCN1S(=O)(=O)N1CCOCC1. The fraction of sp³-hybridized carbons (Fsp3) is 1.00. The lowest BCUT2D eigenvalue weighted by Gasteiger charge is -2.37. The third kappa shape index (κ3) is 2.38. The van der Waals surface area contributed by atoms with E-state index in [1.54, 1.807) is 0 Å². The summed E-state index contributed by atoms with van der Waals surface area (Å²) in [5, 5.41) is 0. The zero-order valence-corrected chi connectivity index (χ0v) is 10.3. The second-order valence-electron chi connectivity index (χ2n) is 4.05. The second kappa shape index (κ2) is 4.97. The third-order valence-electron chi connectivity index (χ3n) is 2.90. The predicted molar refractivity (Wildman–Crippen MR) is 58.3 cm³/mol. The summed E-state index contributed by atoms with van der Waals surface area (Å²) >= 11 is 0. The highest BCUT2D eigenvalue weighted by Crippen LogP contribution is 2.16. The van der Waals surface area contributed by atoms with Crippen molar-refractivity contribution in [3.05, 3.63) is 0 Å². The topological polar surface area (TPSA) is 59.1 Å². The monoisotopic (exact) mass is 250 g/mol. The Hall–Kier alpha value is -0.210. The van der Waals surface area contributed by atoms with Crippen LogP contribution in [-0.2, 0) is 19.7 Å². The molecule has 0 N–H and O–H groups in total. The Bertz CT molecular complexity index is 326. The van der Waals surface area contributed by atoms with Crippen molar-refractivity contribution >= 4 is 10.2 Å². The van der Waals surface area contributed by atoms with Gasteiger partial charge in [0.25, 0.3) is 10.2 Å². The molecule has 0 saturated carbocycles. The molecule has 0 spiro atoms. The van der Waals surface area contributed by atoms with Crippen molar-refractivity contribution in [1.29, 1.82) is 0 Å². The Morgan fingerprint density at radius 2 is 1.69 bits per heavy atom. The minimum absolute atomic E-state index is 0.0819. The van der Waals surface area contributed by atoms with Crippen molar-refractivity contribution in [1.82, 2.24) is 8.61 Å². The predicted octanol–water partition coefficient (Wildman–Crippen LogP) is -0.716. The third-order valence-corrected chi connectivity index (χ3v) is 5.05. The number of nitrogens with zero attached hydrogens (tertiary/aromatic N) is 2. The van der Waals surface area contributed by atoms with Crippen molar-refractivity contribution in [2.45, 2.75) is 13.0 Å². The molecule has 0 unspecified atom stereocenters. The van der Waals surface area contributed by atoms with Gasteiger partial charge in [0, 0.05) is 25.7 Å². The molecule has 0 bridgehead atoms. The first-order valence-corrected chi connectivity index (χ1v) is 6.94. The fourth-order valence-corrected chi connectivity index (χ4v) is 3.71. The van der Waals surface area contributed by atoms with Gasteiger partial charge in [-0.3, -0.25) is 0 Å². The molecule has 2 heterocycles. The average molecular weight is 250 g/mol. The van der Waals surface area contributed by atoms with E-state index in [2.05, 4.69) is 0 Å². The molecule has 0 radical (unpaired) electrons. The molecular formula is C9H18N2O4S. The zero-order chi connectivity index (χ0) is 11.6. The minimum Gasteiger partial charge on any atom is -0.379 e. The van der Waals surface area contributed by atoms with E-state index < -0.39 is 10.2 Å². The van der Waals surface area contributed by atoms with E-state index in [9.17, 15) is 8.42 Å². The lowest BCUT2D eigenvalue weighted by Crippen LogP contribution is -2.54. The van der Waals surface area contributed by atoms with Crippen LogP contribution < -0.4 is 0 Å². The van der Waals surface area contributed by atoms with Gasteiger partial charge in [0.1, 0.15) is 0 Å². The summed E-state index contributed by atoms with van der Waals surface area (Å²) in [6.45, 7) is 5.14. The largest absolute Gasteiger partial charge is 0.379 e. The molecule has 6 nitrogen and oxygen atoms in total. The van der Waals surface area contributed by atoms with Crippen molar-refractivity contribution in [2.75, 3.05) is 46.1 Å². The van der Waals surface area contributed by atoms with Gasteiger partial charge in [-0.2, -0.15) is 17.0 Å². The van der Waals surface area contributed by atoms with E-state index in [4.69, 9.17) is 9.47 Å². The Labute approximate surface area is 96.3 Å². The van der Waals surface area contributed by atoms with Gasteiger partial charge >= 0.3 is 0 Å². The highest BCUT2D eigenvalue weighted by molar-refractivity contribution is 7.86. The molecule has 2 fully saturated rings. The Morgan fingerprint density at radius 3 is 2.31 bits per heavy atom. The van der Waals surface area contributed by atoms with Crippen LogP contribution in [0.5, 0.6) is 0 Å². The normalized spacial score (nSPS) is 30.4. The van der Waals surface area contributed by atoms with E-state index in [1.165, 1.54) is 8.61 Å². The van der Waals surface area contributed by atoms with Crippen LogP contribution in [0.25, 0.3) is 0 Å². The number of ether oxygens (including phenoxy) is 2. The average Bonchev–Trinajstić information content (AvgIpc) is 2.30. The lowest BCUT2D eigenvalue weighted by molar-refractivity contribution is 0.0301. The van der Waals surface area contributed by atoms with E-state index in [0.717, 1.165) is 0 Å². The van der Waals surface area contributed by atoms with Gasteiger partial charge in [0.05, 0.1) is 26.4 Å². The van der Waals surface area contributed by atoms with Gasteiger partial charge in [-0.25, -0.2) is 0 Å². The Morgan fingerprint density at radius 1 is 1.06 bits per heavy atom. The first kappa shape index (κ1) is 12.3. The molecule has 2 aliphatic rings. The molecule has 0 aromatic carbocycles. The number of morpholine rings is 2. The minimum atomic E-state index is -3.33. The molecule has 7 heteroatoms. The molecule has 0 aliphatic carbocycles. The molecule has 0 aromatic rings. The molecule has 2 rings (SSSR count). The van der Waals surface area contributed by atoms with E-state index >= 15 is 0 Å². The van der Waals surface area contributed by atoms with Crippen LogP contribution >= 0.6 is 0 Å². The summed E-state index contributed by atoms with van der Waals surface area (Å²) in [5.74, 6) is 0. The van der Waals surface area contributed by atoms with Crippen LogP contribution in [0.2, 0.25) is 0 Å². The molecule has 16 heavy (non-hydrogen) atoms. The lowest BCUT2D eigenvalue weighted by atomic mass is 10.3. The number of rotatable bonds is 2. The van der Waals surface area contributed by atoms with Crippen LogP contribution in [0.3, 0.4) is 0 Å². The van der Waals surface area contributed by atoms with Gasteiger partial charge in [-0.1, -0.05) is 0 Å². The summed E-state index contributed by atoms with van der Waals surface area (Å²) < 4.78 is 38.0. The van der Waals surface area contributed by atoms with Gasteiger partial charge in [-0.05, 0) is 6.92 Å². The van der Waals surface area contributed by atoms with Crippen LogP contribution in [0.4, 0.5) is 0 Å². The summed E-state index contributed by atoms with van der Waals surface area (Å²) in [6.07, 6.45) is 0. The van der Waals surface area contributed by atoms with Crippen LogP contribution in [0.1, 0.15) is 6.92 Å². The summed E-state index contributed by atoms with van der Waals surface area (Å²) in [7, 11) is -3.33. The van der Waals surface area contributed by atoms with E-state index in [1.807, 2.05) is 6.92 Å². The Kier molecular flexibility index (Phi) is 3.81. The smallest absolute Gasteiger partial charge is 0.282 e. The van der Waals surface area contributed by atoms with Crippen LogP contribution in [0, 0.1) is 0 Å². The van der Waals surface area contributed by atoms with E-state index in [0.29, 0.717) is 46.1 Å². The van der Waals surface area contributed by atoms with Gasteiger partial charge in [0.15, 0.2) is 0 Å². The molecule has 2 saturated heterocycles. The van der Waals surface area contributed by atoms with Gasteiger partial charge in [0.2, 0.25) is 0 Å². The molecule has 0 amide bonds. The first-order valence-electron chi connectivity index (χ1n) is 5.55. The van der Waals surface area contributed by atoms with Crippen molar-refractivity contribution < 1.29 is 17.9 Å². The first-order chi connectivity index (χ1) is 7.62. The summed E-state index contributed by atoms with van der Waals surface area (Å²) in [6, 6.07) is -0.0819. The quantitative estimate of drug-likeness (QED) is 0.649. The summed E-state index contributed by atoms with van der Waals surface area (Å²) in [4.78, 5) is 0. The fourth-order valence-electron chi connectivity index (χ4n) is 1.98.